The van der Waals surface area contributed by atoms with E-state index in [0.29, 0.717) is 37.5 Å². The van der Waals surface area contributed by atoms with Gasteiger partial charge in [-0.15, -0.1) is 0 Å². The number of alkyl halides is 3. The van der Waals surface area contributed by atoms with Gasteiger partial charge in [0.2, 0.25) is 0 Å². The van der Waals surface area contributed by atoms with Gasteiger partial charge in [-0.3, -0.25) is 19.1 Å². The normalized spacial score (nSPS) is 27.5. The Morgan fingerprint density at radius 2 is 1.64 bits per heavy atom. The standard InChI is InChI=1S/C32H38Cl2F3N3O4/c1-6-44-29(43)31(5)9-7-18(8-10-31)40-27(32(35,36)37)20(15-38-40)28(42)39(19-13-21-22(14-19)30(21,3)4)16-25(41)26-23(33)11-17(2)12-24(26)34/h11-12,15,18-19,21-22H,6-10,13-14,16H2,1-5H3/t18-,19-,21+,22-,31-. The molecule has 0 saturated heterocycles. The van der Waals surface area contributed by atoms with E-state index < -0.39 is 53.2 Å². The fraction of sp³-hybridized carbons (Fsp3) is 0.625. The van der Waals surface area contributed by atoms with Crippen molar-refractivity contribution in [3.05, 3.63) is 50.8 Å². The van der Waals surface area contributed by atoms with Crippen molar-refractivity contribution in [3.8, 4) is 0 Å². The van der Waals surface area contributed by atoms with Crippen LogP contribution in [0.4, 0.5) is 13.2 Å². The molecule has 7 nitrogen and oxygen atoms in total. The van der Waals surface area contributed by atoms with E-state index >= 15 is 0 Å². The van der Waals surface area contributed by atoms with Crippen LogP contribution in [-0.2, 0) is 15.7 Å². The lowest BCUT2D eigenvalue weighted by molar-refractivity contribution is -0.157. The van der Waals surface area contributed by atoms with Gasteiger partial charge in [-0.25, -0.2) is 0 Å². The maximum Gasteiger partial charge on any atom is 0.433 e. The van der Waals surface area contributed by atoms with Gasteiger partial charge < -0.3 is 9.64 Å². The average Bonchev–Trinajstić information content (AvgIpc) is 3.35. The number of ether oxygens (including phenoxy) is 1. The first-order valence-electron chi connectivity index (χ1n) is 15.1. The molecule has 0 radical (unpaired) electrons. The molecule has 1 aromatic carbocycles. The summed E-state index contributed by atoms with van der Waals surface area (Å²) in [6, 6.07) is 2.10. The second kappa shape index (κ2) is 11.6. The zero-order chi connectivity index (χ0) is 32.4. The summed E-state index contributed by atoms with van der Waals surface area (Å²) in [6.07, 6.45) is -1.54. The van der Waals surface area contributed by atoms with Crippen molar-refractivity contribution >= 4 is 40.9 Å². The van der Waals surface area contributed by atoms with Gasteiger partial charge in [0.15, 0.2) is 11.5 Å². The summed E-state index contributed by atoms with van der Waals surface area (Å²) < 4.78 is 50.2. The third-order valence-corrected chi connectivity index (χ3v) is 10.9. The predicted molar refractivity (Wildman–Crippen MR) is 160 cm³/mol. The molecular formula is C32H38Cl2F3N3O4. The van der Waals surface area contributed by atoms with E-state index in [0.717, 1.165) is 16.4 Å². The fourth-order valence-corrected chi connectivity index (χ4v) is 8.33. The summed E-state index contributed by atoms with van der Waals surface area (Å²) in [4.78, 5) is 41.5. The van der Waals surface area contributed by atoms with E-state index in [1.54, 1.807) is 32.9 Å². The Hall–Kier alpha value is -2.59. The van der Waals surface area contributed by atoms with Gasteiger partial charge in [0.05, 0.1) is 52.0 Å². The Morgan fingerprint density at radius 1 is 1.07 bits per heavy atom. The summed E-state index contributed by atoms with van der Waals surface area (Å²) >= 11 is 12.7. The van der Waals surface area contributed by atoms with Gasteiger partial charge in [0.1, 0.15) is 0 Å². The zero-order valence-electron chi connectivity index (χ0n) is 25.6. The molecular weight excluding hydrogens is 618 g/mol. The van der Waals surface area contributed by atoms with Crippen LogP contribution in [0.5, 0.6) is 0 Å². The van der Waals surface area contributed by atoms with Crippen LogP contribution in [0.15, 0.2) is 18.3 Å². The molecule has 3 aliphatic carbocycles. The first-order chi connectivity index (χ1) is 20.5. The first-order valence-corrected chi connectivity index (χ1v) is 15.9. The minimum Gasteiger partial charge on any atom is -0.466 e. The Balaban J connectivity index is 1.46. The van der Waals surface area contributed by atoms with Gasteiger partial charge in [-0.1, -0.05) is 37.0 Å². The van der Waals surface area contributed by atoms with E-state index in [1.165, 1.54) is 4.90 Å². The number of benzene rings is 1. The molecule has 0 bridgehead atoms. The van der Waals surface area contributed by atoms with Crippen LogP contribution in [0, 0.1) is 29.6 Å². The Morgan fingerprint density at radius 3 is 2.16 bits per heavy atom. The summed E-state index contributed by atoms with van der Waals surface area (Å²) in [5.74, 6) is -1.15. The molecule has 2 aromatic rings. The number of halogens is 5. The number of nitrogens with zero attached hydrogens (tertiary/aromatic N) is 3. The molecule has 0 spiro atoms. The number of amides is 1. The Kier molecular flexibility index (Phi) is 8.68. The lowest BCUT2D eigenvalue weighted by Crippen LogP contribution is -2.44. The maximum absolute atomic E-state index is 14.7. The van der Waals surface area contributed by atoms with Crippen molar-refractivity contribution in [1.82, 2.24) is 14.7 Å². The second-order valence-electron chi connectivity index (χ2n) is 13.5. The van der Waals surface area contributed by atoms with E-state index in [-0.39, 0.29) is 46.4 Å². The molecule has 3 atom stereocenters. The highest BCUT2D eigenvalue weighted by molar-refractivity contribution is 6.40. The van der Waals surface area contributed by atoms with Crippen LogP contribution in [0.25, 0.3) is 0 Å². The number of aromatic nitrogens is 2. The third kappa shape index (κ3) is 5.88. The number of fused-ring (bicyclic) bond motifs is 1. The van der Waals surface area contributed by atoms with Crippen molar-refractivity contribution in [1.29, 1.82) is 0 Å². The topological polar surface area (TPSA) is 81.5 Å². The van der Waals surface area contributed by atoms with Crippen molar-refractivity contribution in [2.75, 3.05) is 13.2 Å². The Labute approximate surface area is 265 Å². The van der Waals surface area contributed by atoms with Gasteiger partial charge in [0.25, 0.3) is 5.91 Å². The van der Waals surface area contributed by atoms with Crippen LogP contribution in [-0.4, -0.2) is 51.5 Å². The smallest absolute Gasteiger partial charge is 0.433 e. The predicted octanol–water partition coefficient (Wildman–Crippen LogP) is 7.96. The van der Waals surface area contributed by atoms with Crippen molar-refractivity contribution in [2.45, 2.75) is 91.4 Å². The molecule has 1 amide bonds. The fourth-order valence-electron chi connectivity index (χ4n) is 7.52. The monoisotopic (exact) mass is 655 g/mol. The molecule has 3 fully saturated rings. The summed E-state index contributed by atoms with van der Waals surface area (Å²) in [5, 5.41) is 4.34. The number of hydrogen-bond donors (Lipinski definition) is 0. The molecule has 3 saturated carbocycles. The van der Waals surface area contributed by atoms with Gasteiger partial charge >= 0.3 is 12.1 Å². The summed E-state index contributed by atoms with van der Waals surface area (Å²) in [5.41, 5.74) is -1.64. The number of esters is 1. The van der Waals surface area contributed by atoms with Gasteiger partial charge in [-0.2, -0.15) is 18.3 Å². The molecule has 0 aliphatic heterocycles. The molecule has 12 heteroatoms. The Bertz CT molecular complexity index is 1440. The summed E-state index contributed by atoms with van der Waals surface area (Å²) in [7, 11) is 0. The SMILES string of the molecule is CCOC(=O)[C@]1(C)CC[C@@H](n2ncc(C(=O)N(CC(=O)c3c(Cl)cc(C)cc3Cl)[C@H]3C[C@@H]4[C@H](C3)C4(C)C)c2C(F)(F)F)CC1. The van der Waals surface area contributed by atoms with Crippen LogP contribution in [0.1, 0.15) is 104 Å². The largest absolute Gasteiger partial charge is 0.466 e. The van der Waals surface area contributed by atoms with Crippen molar-refractivity contribution in [3.63, 3.8) is 0 Å². The van der Waals surface area contributed by atoms with Crippen LogP contribution in [0.3, 0.4) is 0 Å². The number of aryl methyl sites for hydroxylation is 1. The van der Waals surface area contributed by atoms with Crippen LogP contribution < -0.4 is 0 Å². The van der Waals surface area contributed by atoms with E-state index in [4.69, 9.17) is 27.9 Å². The molecule has 240 valence electrons. The van der Waals surface area contributed by atoms with Crippen LogP contribution in [0.2, 0.25) is 10.0 Å². The lowest BCUT2D eigenvalue weighted by Gasteiger charge is -2.36. The van der Waals surface area contributed by atoms with Crippen LogP contribution >= 0.6 is 23.2 Å². The van der Waals surface area contributed by atoms with E-state index in [1.807, 2.05) is 0 Å². The maximum atomic E-state index is 14.7. The first kappa shape index (κ1) is 32.8. The quantitative estimate of drug-likeness (QED) is 0.213. The lowest BCUT2D eigenvalue weighted by atomic mass is 9.74. The van der Waals surface area contributed by atoms with Gasteiger partial charge in [0, 0.05) is 6.04 Å². The minimum atomic E-state index is -4.89. The number of carbonyl (C=O) groups is 3. The van der Waals surface area contributed by atoms with E-state index in [2.05, 4.69) is 18.9 Å². The number of carbonyl (C=O) groups excluding carboxylic acids is 3. The third-order valence-electron chi connectivity index (χ3n) is 10.3. The highest BCUT2D eigenvalue weighted by Gasteiger charge is 2.63. The molecule has 44 heavy (non-hydrogen) atoms. The number of hydrogen-bond acceptors (Lipinski definition) is 5. The average molecular weight is 657 g/mol. The van der Waals surface area contributed by atoms with Crippen molar-refractivity contribution < 1.29 is 32.3 Å². The second-order valence-corrected chi connectivity index (χ2v) is 14.3. The summed E-state index contributed by atoms with van der Waals surface area (Å²) in [6.45, 7) is 9.29. The number of ketones is 1. The highest BCUT2D eigenvalue weighted by atomic mass is 35.5. The molecule has 3 aliphatic rings. The number of Topliss-reactive ketones (excluding diaryl/α,β-unsaturated/α-hetero) is 1. The molecule has 0 unspecified atom stereocenters. The highest BCUT2D eigenvalue weighted by Crippen LogP contribution is 2.67. The molecule has 1 heterocycles. The molecule has 0 N–H and O–H groups in total. The molecule has 5 rings (SSSR count). The number of rotatable bonds is 8. The molecule has 1 aromatic heterocycles. The van der Waals surface area contributed by atoms with Gasteiger partial charge in [-0.05, 0) is 94.2 Å². The van der Waals surface area contributed by atoms with E-state index in [9.17, 15) is 27.6 Å². The van der Waals surface area contributed by atoms with Crippen molar-refractivity contribution in [2.24, 2.45) is 22.7 Å². The zero-order valence-corrected chi connectivity index (χ0v) is 27.1. The minimum absolute atomic E-state index is 0.0406.